The molecule has 0 bridgehead atoms. The number of anilines is 1. The molecule has 0 saturated heterocycles. The van der Waals surface area contributed by atoms with Crippen molar-refractivity contribution < 1.29 is 27.1 Å². The van der Waals surface area contributed by atoms with E-state index in [1.165, 1.54) is 12.1 Å². The molecule has 3 N–H and O–H groups in total. The summed E-state index contributed by atoms with van der Waals surface area (Å²) in [6.45, 7) is 0.106. The Morgan fingerprint density at radius 2 is 1.67 bits per heavy atom. The van der Waals surface area contributed by atoms with Crippen molar-refractivity contribution in [2.24, 2.45) is 0 Å². The van der Waals surface area contributed by atoms with E-state index in [2.05, 4.69) is 10.6 Å². The van der Waals surface area contributed by atoms with Crippen LogP contribution in [0.25, 0.3) is 0 Å². The van der Waals surface area contributed by atoms with Crippen LogP contribution in [0.1, 0.15) is 11.1 Å². The lowest BCUT2D eigenvalue weighted by Crippen LogP contribution is -2.28. The van der Waals surface area contributed by atoms with Crippen molar-refractivity contribution in [1.82, 2.24) is 5.32 Å². The summed E-state index contributed by atoms with van der Waals surface area (Å²) in [6, 6.07) is 6.36. The van der Waals surface area contributed by atoms with Crippen molar-refractivity contribution in [3.63, 3.8) is 0 Å². The normalized spacial score (nSPS) is 11.2. The Labute approximate surface area is 139 Å². The molecule has 0 fully saturated rings. The maximum atomic E-state index is 13.2. The molecule has 3 nitrogen and oxygen atoms in total. The van der Waals surface area contributed by atoms with Crippen LogP contribution < -0.4 is 10.6 Å². The van der Waals surface area contributed by atoms with Crippen LogP contribution in [0.3, 0.4) is 0 Å². The first-order valence-corrected chi connectivity index (χ1v) is 6.97. The van der Waals surface area contributed by atoms with E-state index >= 15 is 0 Å². The van der Waals surface area contributed by atoms with Crippen molar-refractivity contribution in [3.8, 4) is 5.75 Å². The van der Waals surface area contributed by atoms with Gasteiger partial charge in [-0.3, -0.25) is 0 Å². The Kier molecular flexibility index (Phi) is 5.23. The van der Waals surface area contributed by atoms with Crippen LogP contribution in [0.4, 0.5) is 27.6 Å². The van der Waals surface area contributed by atoms with Crippen LogP contribution in [0.2, 0.25) is 0 Å². The fourth-order valence-corrected chi connectivity index (χ4v) is 1.98. The molecule has 0 aliphatic carbocycles. The third-order valence-corrected chi connectivity index (χ3v) is 3.30. The summed E-state index contributed by atoms with van der Waals surface area (Å²) in [5, 5.41) is 14.6. The minimum Gasteiger partial charge on any atom is -0.503 e. The third-order valence-electron chi connectivity index (χ3n) is 3.05. The van der Waals surface area contributed by atoms with E-state index in [1.54, 1.807) is 0 Å². The third kappa shape index (κ3) is 4.31. The molecule has 0 saturated carbocycles. The second-order valence-corrected chi connectivity index (χ2v) is 5.17. The summed E-state index contributed by atoms with van der Waals surface area (Å²) >= 11 is 4.93. The van der Waals surface area contributed by atoms with Crippen LogP contribution in [0.15, 0.2) is 36.4 Å². The molecular weight excluding hydrogens is 351 g/mol. The largest absolute Gasteiger partial charge is 0.503 e. The van der Waals surface area contributed by atoms with Gasteiger partial charge in [-0.15, -0.1) is 0 Å². The number of aromatic hydroxyl groups is 1. The van der Waals surface area contributed by atoms with E-state index < -0.39 is 29.1 Å². The van der Waals surface area contributed by atoms with Gasteiger partial charge in [0.15, 0.2) is 16.7 Å². The lowest BCUT2D eigenvalue weighted by atomic mass is 10.1. The monoisotopic (exact) mass is 362 g/mol. The lowest BCUT2D eigenvalue weighted by Gasteiger charge is -2.13. The molecule has 0 aliphatic rings. The summed E-state index contributed by atoms with van der Waals surface area (Å²) in [4.78, 5) is 0. The number of halogens is 5. The van der Waals surface area contributed by atoms with E-state index in [9.17, 15) is 27.1 Å². The molecule has 9 heteroatoms. The van der Waals surface area contributed by atoms with Crippen LogP contribution in [0.5, 0.6) is 5.75 Å². The molecule has 0 radical (unpaired) electrons. The number of thiocarbonyl (C=S) groups is 1. The molecule has 0 heterocycles. The summed E-state index contributed by atoms with van der Waals surface area (Å²) in [7, 11) is 0. The van der Waals surface area contributed by atoms with Crippen molar-refractivity contribution in [2.75, 3.05) is 5.32 Å². The van der Waals surface area contributed by atoms with Crippen LogP contribution in [0, 0.1) is 11.6 Å². The summed E-state index contributed by atoms with van der Waals surface area (Å²) in [5.41, 5.74) is -0.376. The molecule has 0 aliphatic heterocycles. The number of rotatable bonds is 3. The second kappa shape index (κ2) is 7.00. The predicted molar refractivity (Wildman–Crippen MR) is 82.5 cm³/mol. The number of hydrogen-bond acceptors (Lipinski definition) is 2. The average molecular weight is 362 g/mol. The zero-order valence-electron chi connectivity index (χ0n) is 11.9. The van der Waals surface area contributed by atoms with E-state index in [4.69, 9.17) is 12.2 Å². The van der Waals surface area contributed by atoms with Gasteiger partial charge in [0.05, 0.1) is 11.3 Å². The standard InChI is InChI=1S/C15H11F5N2OS/c16-10-5-6-11(13(23)12(10)17)22-14(24)21-7-8-1-3-9(4-2-8)15(18,19)20/h1-6,23H,7H2,(H2,21,22,24). The number of phenolic OH excluding ortho intramolecular Hbond substituents is 1. The molecule has 2 aromatic rings. The summed E-state index contributed by atoms with van der Waals surface area (Å²) in [6.07, 6.45) is -4.41. The highest BCUT2D eigenvalue weighted by Gasteiger charge is 2.29. The fraction of sp³-hybridized carbons (Fsp3) is 0.133. The van der Waals surface area contributed by atoms with Crippen LogP contribution >= 0.6 is 12.2 Å². The van der Waals surface area contributed by atoms with Crippen molar-refractivity contribution >= 4 is 23.0 Å². The average Bonchev–Trinajstić information content (AvgIpc) is 2.53. The van der Waals surface area contributed by atoms with E-state index in [0.29, 0.717) is 5.56 Å². The van der Waals surface area contributed by atoms with Gasteiger partial charge in [-0.1, -0.05) is 12.1 Å². The van der Waals surface area contributed by atoms with Gasteiger partial charge in [-0.2, -0.15) is 17.6 Å². The Morgan fingerprint density at radius 1 is 1.04 bits per heavy atom. The number of nitrogens with one attached hydrogen (secondary N) is 2. The first kappa shape index (κ1) is 17.9. The van der Waals surface area contributed by atoms with Crippen molar-refractivity contribution in [1.29, 1.82) is 0 Å². The van der Waals surface area contributed by atoms with Crippen LogP contribution in [-0.2, 0) is 12.7 Å². The molecule has 128 valence electrons. The predicted octanol–water partition coefficient (Wildman–Crippen LogP) is 4.18. The molecule has 0 amide bonds. The Hall–Kier alpha value is -2.42. The molecule has 24 heavy (non-hydrogen) atoms. The highest BCUT2D eigenvalue weighted by molar-refractivity contribution is 7.80. The smallest absolute Gasteiger partial charge is 0.416 e. The number of alkyl halides is 3. The van der Waals surface area contributed by atoms with Crippen molar-refractivity contribution in [3.05, 3.63) is 59.2 Å². The molecular formula is C15H11F5N2OS. The van der Waals surface area contributed by atoms with Gasteiger partial charge in [0.1, 0.15) is 0 Å². The van der Waals surface area contributed by atoms with Gasteiger partial charge in [-0.25, -0.2) is 4.39 Å². The SMILES string of the molecule is Oc1c(NC(=S)NCc2ccc(C(F)(F)F)cc2)ccc(F)c1F. The second-order valence-electron chi connectivity index (χ2n) is 4.76. The highest BCUT2D eigenvalue weighted by atomic mass is 32.1. The zero-order valence-corrected chi connectivity index (χ0v) is 12.7. The molecule has 0 atom stereocenters. The van der Waals surface area contributed by atoms with Gasteiger partial charge in [-0.05, 0) is 42.0 Å². The molecule has 0 aromatic heterocycles. The topological polar surface area (TPSA) is 44.3 Å². The minimum absolute atomic E-state index is 0.0174. The van der Waals surface area contributed by atoms with Crippen molar-refractivity contribution in [2.45, 2.75) is 12.7 Å². The summed E-state index contributed by atoms with van der Waals surface area (Å²) in [5.74, 6) is -3.54. The zero-order chi connectivity index (χ0) is 17.9. The fourth-order valence-electron chi connectivity index (χ4n) is 1.80. The number of benzene rings is 2. The van der Waals surface area contributed by atoms with E-state index in [1.807, 2.05) is 0 Å². The van der Waals surface area contributed by atoms with E-state index in [-0.39, 0.29) is 17.3 Å². The number of phenols is 1. The molecule has 0 unspecified atom stereocenters. The minimum atomic E-state index is -4.41. The summed E-state index contributed by atoms with van der Waals surface area (Å²) < 4.78 is 63.4. The Balaban J connectivity index is 1.95. The van der Waals surface area contributed by atoms with Gasteiger partial charge < -0.3 is 15.7 Å². The number of hydrogen-bond donors (Lipinski definition) is 3. The maximum absolute atomic E-state index is 13.2. The molecule has 2 rings (SSSR count). The first-order chi connectivity index (χ1) is 11.2. The van der Waals surface area contributed by atoms with Gasteiger partial charge in [0, 0.05) is 6.54 Å². The van der Waals surface area contributed by atoms with Gasteiger partial charge >= 0.3 is 6.18 Å². The van der Waals surface area contributed by atoms with Gasteiger partial charge in [0.25, 0.3) is 0 Å². The van der Waals surface area contributed by atoms with Gasteiger partial charge in [0.2, 0.25) is 5.82 Å². The Morgan fingerprint density at radius 3 is 2.25 bits per heavy atom. The Bertz CT molecular complexity index is 747. The van der Waals surface area contributed by atoms with Crippen LogP contribution in [-0.4, -0.2) is 10.2 Å². The molecule has 2 aromatic carbocycles. The van der Waals surface area contributed by atoms with E-state index in [0.717, 1.165) is 24.3 Å². The highest BCUT2D eigenvalue weighted by Crippen LogP contribution is 2.29. The first-order valence-electron chi connectivity index (χ1n) is 6.56. The maximum Gasteiger partial charge on any atom is 0.416 e. The quantitative estimate of drug-likeness (QED) is 0.436. The molecule has 0 spiro atoms. The lowest BCUT2D eigenvalue weighted by molar-refractivity contribution is -0.137.